The van der Waals surface area contributed by atoms with Crippen molar-refractivity contribution in [3.63, 3.8) is 0 Å². The first-order chi connectivity index (χ1) is 7.70. The zero-order valence-electron chi connectivity index (χ0n) is 8.93. The number of halogens is 1. The van der Waals surface area contributed by atoms with Crippen molar-refractivity contribution in [2.75, 3.05) is 19.0 Å². The van der Waals surface area contributed by atoms with Gasteiger partial charge in [-0.25, -0.2) is 4.98 Å². The van der Waals surface area contributed by atoms with E-state index in [1.54, 1.807) is 15.8 Å². The molecule has 0 spiro atoms. The van der Waals surface area contributed by atoms with Crippen LogP contribution in [0.4, 0.5) is 0 Å². The molecule has 0 radical (unpaired) electrons. The van der Waals surface area contributed by atoms with Crippen LogP contribution in [0.3, 0.4) is 0 Å². The number of nitrogens with zero attached hydrogens (tertiary/aromatic N) is 2. The third kappa shape index (κ3) is 2.53. The van der Waals surface area contributed by atoms with Crippen molar-refractivity contribution >= 4 is 28.8 Å². The summed E-state index contributed by atoms with van der Waals surface area (Å²) < 4.78 is 5.59. The Morgan fingerprint density at radius 1 is 1.75 bits per heavy atom. The number of morpholine rings is 1. The summed E-state index contributed by atoms with van der Waals surface area (Å²) in [6, 6.07) is 0. The molecule has 1 fully saturated rings. The maximum atomic E-state index is 12.0. The average molecular weight is 261 g/mol. The Labute approximate surface area is 103 Å². The first-order valence-electron chi connectivity index (χ1n) is 5.09. The topological polar surface area (TPSA) is 42.4 Å². The number of amides is 1. The highest BCUT2D eigenvalue weighted by molar-refractivity contribution is 7.07. The minimum Gasteiger partial charge on any atom is -0.370 e. The normalized spacial score (nSPS) is 25.8. The summed E-state index contributed by atoms with van der Waals surface area (Å²) in [5.41, 5.74) is 2.17. The zero-order valence-corrected chi connectivity index (χ0v) is 10.5. The van der Waals surface area contributed by atoms with Crippen LogP contribution >= 0.6 is 22.9 Å². The second-order valence-corrected chi connectivity index (χ2v) is 4.83. The number of ether oxygens (including phenoxy) is 1. The fourth-order valence-electron chi connectivity index (χ4n) is 1.78. The first-order valence-corrected chi connectivity index (χ1v) is 6.57. The van der Waals surface area contributed by atoms with E-state index in [-0.39, 0.29) is 18.1 Å². The standard InChI is InChI=1S/C10H13ClN2O2S/c1-7-3-13(4-8(2-11)15-7)10(14)9-5-16-6-12-9/h5-8H,2-4H2,1H3. The van der Waals surface area contributed by atoms with E-state index in [1.165, 1.54) is 11.3 Å². The molecule has 2 atom stereocenters. The second kappa shape index (κ2) is 5.12. The van der Waals surface area contributed by atoms with Gasteiger partial charge in [0, 0.05) is 18.5 Å². The van der Waals surface area contributed by atoms with Crippen LogP contribution in [0.5, 0.6) is 0 Å². The Kier molecular flexibility index (Phi) is 3.78. The molecular weight excluding hydrogens is 248 g/mol. The fraction of sp³-hybridized carbons (Fsp3) is 0.600. The molecule has 1 aromatic rings. The predicted molar refractivity (Wildman–Crippen MR) is 63.1 cm³/mol. The van der Waals surface area contributed by atoms with Gasteiger partial charge in [0.15, 0.2) is 0 Å². The Hall–Kier alpha value is -0.650. The highest BCUT2D eigenvalue weighted by Gasteiger charge is 2.29. The molecule has 1 amide bonds. The van der Waals surface area contributed by atoms with Gasteiger partial charge in [0.05, 0.1) is 23.6 Å². The summed E-state index contributed by atoms with van der Waals surface area (Å²) >= 11 is 7.19. The van der Waals surface area contributed by atoms with Crippen LogP contribution in [0.1, 0.15) is 17.4 Å². The van der Waals surface area contributed by atoms with E-state index in [4.69, 9.17) is 16.3 Å². The van der Waals surface area contributed by atoms with Crippen LogP contribution in [0.25, 0.3) is 0 Å². The van der Waals surface area contributed by atoms with Crippen molar-refractivity contribution in [3.05, 3.63) is 16.6 Å². The molecule has 16 heavy (non-hydrogen) atoms. The summed E-state index contributed by atoms with van der Waals surface area (Å²) in [5, 5.41) is 1.76. The summed E-state index contributed by atoms with van der Waals surface area (Å²) in [5.74, 6) is 0.372. The second-order valence-electron chi connectivity index (χ2n) is 3.81. The number of hydrogen-bond acceptors (Lipinski definition) is 4. The average Bonchev–Trinajstić information content (AvgIpc) is 2.80. The van der Waals surface area contributed by atoms with E-state index in [2.05, 4.69) is 4.98 Å². The van der Waals surface area contributed by atoms with Gasteiger partial charge in [-0.3, -0.25) is 4.79 Å². The minimum absolute atomic E-state index is 0.0279. The quantitative estimate of drug-likeness (QED) is 0.759. The van der Waals surface area contributed by atoms with Gasteiger partial charge in [0.2, 0.25) is 0 Å². The molecule has 2 heterocycles. The molecule has 6 heteroatoms. The van der Waals surface area contributed by atoms with Crippen LogP contribution in [-0.2, 0) is 4.74 Å². The largest absolute Gasteiger partial charge is 0.370 e. The van der Waals surface area contributed by atoms with E-state index < -0.39 is 0 Å². The lowest BCUT2D eigenvalue weighted by molar-refractivity contribution is -0.0571. The van der Waals surface area contributed by atoms with Gasteiger partial charge in [-0.05, 0) is 6.92 Å². The molecule has 2 rings (SSSR count). The molecule has 1 saturated heterocycles. The van der Waals surface area contributed by atoms with Gasteiger partial charge in [-0.2, -0.15) is 0 Å². The number of carbonyl (C=O) groups is 1. The van der Waals surface area contributed by atoms with Gasteiger partial charge in [0.25, 0.3) is 5.91 Å². The van der Waals surface area contributed by atoms with E-state index in [0.717, 1.165) is 0 Å². The van der Waals surface area contributed by atoms with Gasteiger partial charge < -0.3 is 9.64 Å². The molecule has 1 aliphatic rings. The third-order valence-electron chi connectivity index (χ3n) is 2.44. The molecular formula is C10H13ClN2O2S. The third-order valence-corrected chi connectivity index (χ3v) is 3.37. The number of thiazole rings is 1. The fourth-order valence-corrected chi connectivity index (χ4v) is 2.47. The van der Waals surface area contributed by atoms with E-state index in [0.29, 0.717) is 24.7 Å². The molecule has 4 nitrogen and oxygen atoms in total. The molecule has 1 aliphatic heterocycles. The highest BCUT2D eigenvalue weighted by Crippen LogP contribution is 2.15. The van der Waals surface area contributed by atoms with Crippen LogP contribution in [0.15, 0.2) is 10.9 Å². The van der Waals surface area contributed by atoms with Gasteiger partial charge in [-0.1, -0.05) is 0 Å². The maximum Gasteiger partial charge on any atom is 0.273 e. The van der Waals surface area contributed by atoms with Gasteiger partial charge in [-0.15, -0.1) is 22.9 Å². The summed E-state index contributed by atoms with van der Waals surface area (Å²) in [4.78, 5) is 17.8. The Morgan fingerprint density at radius 3 is 3.19 bits per heavy atom. The first kappa shape index (κ1) is 11.8. The molecule has 0 aliphatic carbocycles. The van der Waals surface area contributed by atoms with E-state index in [9.17, 15) is 4.79 Å². The van der Waals surface area contributed by atoms with Crippen molar-refractivity contribution in [1.82, 2.24) is 9.88 Å². The van der Waals surface area contributed by atoms with E-state index >= 15 is 0 Å². The van der Waals surface area contributed by atoms with Crippen molar-refractivity contribution in [2.24, 2.45) is 0 Å². The molecule has 88 valence electrons. The zero-order chi connectivity index (χ0) is 11.5. The summed E-state index contributed by atoms with van der Waals surface area (Å²) in [7, 11) is 0. The Balaban J connectivity index is 2.06. The molecule has 2 unspecified atom stereocenters. The predicted octanol–water partition coefficient (Wildman–Crippen LogP) is 1.61. The lowest BCUT2D eigenvalue weighted by Gasteiger charge is -2.35. The van der Waals surface area contributed by atoms with Crippen LogP contribution in [0.2, 0.25) is 0 Å². The molecule has 1 aromatic heterocycles. The molecule has 0 saturated carbocycles. The summed E-state index contributed by atoms with van der Waals surface area (Å²) in [6.45, 7) is 3.09. The van der Waals surface area contributed by atoms with Gasteiger partial charge in [0.1, 0.15) is 5.69 Å². The van der Waals surface area contributed by atoms with Crippen molar-refractivity contribution < 1.29 is 9.53 Å². The monoisotopic (exact) mass is 260 g/mol. The number of alkyl halides is 1. The molecule has 0 aromatic carbocycles. The smallest absolute Gasteiger partial charge is 0.273 e. The SMILES string of the molecule is CC1CN(C(=O)c2cscn2)CC(CCl)O1. The van der Waals surface area contributed by atoms with Crippen LogP contribution < -0.4 is 0 Å². The maximum absolute atomic E-state index is 12.0. The van der Waals surface area contributed by atoms with Gasteiger partial charge >= 0.3 is 0 Å². The molecule has 0 bridgehead atoms. The Morgan fingerprint density at radius 2 is 2.56 bits per heavy atom. The van der Waals surface area contributed by atoms with Crippen LogP contribution in [-0.4, -0.2) is 47.0 Å². The van der Waals surface area contributed by atoms with Crippen molar-refractivity contribution in [2.45, 2.75) is 19.1 Å². The Bertz CT molecular complexity index is 358. The number of rotatable bonds is 2. The van der Waals surface area contributed by atoms with Crippen molar-refractivity contribution in [3.8, 4) is 0 Å². The van der Waals surface area contributed by atoms with Crippen LogP contribution in [0, 0.1) is 0 Å². The lowest BCUT2D eigenvalue weighted by atomic mass is 10.2. The lowest BCUT2D eigenvalue weighted by Crippen LogP contribution is -2.49. The number of aromatic nitrogens is 1. The van der Waals surface area contributed by atoms with E-state index in [1.807, 2.05) is 6.92 Å². The van der Waals surface area contributed by atoms with Crippen molar-refractivity contribution in [1.29, 1.82) is 0 Å². The number of carbonyl (C=O) groups excluding carboxylic acids is 1. The minimum atomic E-state index is -0.0759. The molecule has 0 N–H and O–H groups in total. The summed E-state index contributed by atoms with van der Waals surface area (Å²) in [6.07, 6.45) is -0.0481. The number of hydrogen-bond donors (Lipinski definition) is 0. The highest BCUT2D eigenvalue weighted by atomic mass is 35.5.